The van der Waals surface area contributed by atoms with Crippen LogP contribution in [-0.2, 0) is 6.42 Å². The Labute approximate surface area is 80.3 Å². The summed E-state index contributed by atoms with van der Waals surface area (Å²) < 4.78 is 0. The summed E-state index contributed by atoms with van der Waals surface area (Å²) in [6, 6.07) is 6.53. The first kappa shape index (κ1) is 10.0. The number of hydrogen-bond acceptors (Lipinski definition) is 1. The highest BCUT2D eigenvalue weighted by molar-refractivity contribution is 5.30. The maximum Gasteiger partial charge on any atom is 0.0262 e. The zero-order valence-electron chi connectivity index (χ0n) is 8.38. The summed E-state index contributed by atoms with van der Waals surface area (Å²) in [4.78, 5) is 0. The Morgan fingerprint density at radius 3 is 2.62 bits per heavy atom. The molecule has 0 saturated heterocycles. The summed E-state index contributed by atoms with van der Waals surface area (Å²) >= 11 is 0. The smallest absolute Gasteiger partial charge is 0.0262 e. The van der Waals surface area contributed by atoms with Gasteiger partial charge in [0, 0.05) is 6.04 Å². The average Bonchev–Trinajstić information content (AvgIpc) is 2.11. The van der Waals surface area contributed by atoms with Crippen molar-refractivity contribution in [2.45, 2.75) is 26.3 Å². The van der Waals surface area contributed by atoms with Crippen LogP contribution in [0, 0.1) is 13.8 Å². The number of aryl methyl sites for hydroxylation is 2. The fourth-order valence-corrected chi connectivity index (χ4v) is 1.29. The highest BCUT2D eigenvalue weighted by atomic mass is 14.6. The molecule has 13 heavy (non-hydrogen) atoms. The maximum atomic E-state index is 5.78. The zero-order chi connectivity index (χ0) is 9.84. The van der Waals surface area contributed by atoms with Gasteiger partial charge in [-0.25, -0.2) is 0 Å². The molecule has 2 N–H and O–H groups in total. The molecule has 0 aromatic heterocycles. The predicted octanol–water partition coefficient (Wildman–Crippen LogP) is 2.36. The van der Waals surface area contributed by atoms with E-state index in [9.17, 15) is 0 Å². The van der Waals surface area contributed by atoms with E-state index in [1.165, 1.54) is 16.7 Å². The molecule has 1 unspecified atom stereocenters. The molecule has 1 rings (SSSR count). The van der Waals surface area contributed by atoms with E-state index < -0.39 is 0 Å². The average molecular weight is 175 g/mol. The largest absolute Gasteiger partial charge is 0.324 e. The standard InChI is InChI=1S/C12H17N/c1-4-12(13)8-11-6-5-9(2)10(3)7-11/h4-7,12H,1,8,13H2,2-3H3. The summed E-state index contributed by atoms with van der Waals surface area (Å²) in [5.74, 6) is 0. The monoisotopic (exact) mass is 175 g/mol. The van der Waals surface area contributed by atoms with Gasteiger partial charge < -0.3 is 5.73 Å². The first-order valence-electron chi connectivity index (χ1n) is 4.57. The molecule has 0 aliphatic heterocycles. The third-order valence-corrected chi connectivity index (χ3v) is 2.35. The molecule has 1 nitrogen and oxygen atoms in total. The molecule has 0 aliphatic carbocycles. The van der Waals surface area contributed by atoms with E-state index in [2.05, 4.69) is 38.6 Å². The quantitative estimate of drug-likeness (QED) is 0.701. The lowest BCUT2D eigenvalue weighted by molar-refractivity contribution is 0.811. The highest BCUT2D eigenvalue weighted by Crippen LogP contribution is 2.11. The lowest BCUT2D eigenvalue weighted by Crippen LogP contribution is -2.19. The van der Waals surface area contributed by atoms with Crippen LogP contribution < -0.4 is 5.73 Å². The van der Waals surface area contributed by atoms with E-state index in [0.29, 0.717) is 0 Å². The first-order valence-corrected chi connectivity index (χ1v) is 4.57. The minimum atomic E-state index is 0.0714. The second-order valence-corrected chi connectivity index (χ2v) is 3.52. The van der Waals surface area contributed by atoms with Crippen molar-refractivity contribution in [3.05, 3.63) is 47.5 Å². The van der Waals surface area contributed by atoms with Crippen molar-refractivity contribution < 1.29 is 0 Å². The van der Waals surface area contributed by atoms with Crippen LogP contribution >= 0.6 is 0 Å². The Morgan fingerprint density at radius 2 is 2.08 bits per heavy atom. The van der Waals surface area contributed by atoms with Crippen molar-refractivity contribution in [2.75, 3.05) is 0 Å². The summed E-state index contributed by atoms with van der Waals surface area (Å²) in [6.07, 6.45) is 2.67. The van der Waals surface area contributed by atoms with E-state index in [1.807, 2.05) is 0 Å². The van der Waals surface area contributed by atoms with Gasteiger partial charge in [-0.05, 0) is 37.0 Å². The Bertz CT molecular complexity index is 302. The molecule has 0 saturated carbocycles. The van der Waals surface area contributed by atoms with Gasteiger partial charge in [-0.15, -0.1) is 6.58 Å². The fraction of sp³-hybridized carbons (Fsp3) is 0.333. The molecule has 1 heteroatoms. The molecular weight excluding hydrogens is 158 g/mol. The van der Waals surface area contributed by atoms with Crippen molar-refractivity contribution in [3.8, 4) is 0 Å². The van der Waals surface area contributed by atoms with Gasteiger partial charge in [0.15, 0.2) is 0 Å². The SMILES string of the molecule is C=CC(N)Cc1ccc(C)c(C)c1. The van der Waals surface area contributed by atoms with Crippen molar-refractivity contribution in [3.63, 3.8) is 0 Å². The van der Waals surface area contributed by atoms with Gasteiger partial charge in [-0.1, -0.05) is 24.3 Å². The lowest BCUT2D eigenvalue weighted by Gasteiger charge is -2.08. The van der Waals surface area contributed by atoms with Gasteiger partial charge in [0.2, 0.25) is 0 Å². The maximum absolute atomic E-state index is 5.78. The van der Waals surface area contributed by atoms with Crippen molar-refractivity contribution in [2.24, 2.45) is 5.73 Å². The van der Waals surface area contributed by atoms with Gasteiger partial charge in [0.05, 0.1) is 0 Å². The van der Waals surface area contributed by atoms with Gasteiger partial charge in [-0.3, -0.25) is 0 Å². The van der Waals surface area contributed by atoms with E-state index in [1.54, 1.807) is 6.08 Å². The molecule has 0 heterocycles. The molecule has 0 radical (unpaired) electrons. The van der Waals surface area contributed by atoms with Crippen LogP contribution in [0.5, 0.6) is 0 Å². The molecule has 1 aromatic carbocycles. The normalized spacial score (nSPS) is 12.5. The number of benzene rings is 1. The minimum absolute atomic E-state index is 0.0714. The number of nitrogens with two attached hydrogens (primary N) is 1. The number of rotatable bonds is 3. The second kappa shape index (κ2) is 4.24. The fourth-order valence-electron chi connectivity index (χ4n) is 1.29. The van der Waals surface area contributed by atoms with Crippen molar-refractivity contribution in [1.29, 1.82) is 0 Å². The summed E-state index contributed by atoms with van der Waals surface area (Å²) in [7, 11) is 0. The van der Waals surface area contributed by atoms with Crippen LogP contribution in [0.1, 0.15) is 16.7 Å². The Hall–Kier alpha value is -1.08. The van der Waals surface area contributed by atoms with Crippen LogP contribution in [0.3, 0.4) is 0 Å². The summed E-state index contributed by atoms with van der Waals surface area (Å²) in [5.41, 5.74) is 9.72. The first-order chi connectivity index (χ1) is 6.13. The molecule has 0 bridgehead atoms. The molecule has 0 fully saturated rings. The summed E-state index contributed by atoms with van der Waals surface area (Å²) in [6.45, 7) is 7.91. The second-order valence-electron chi connectivity index (χ2n) is 3.52. The topological polar surface area (TPSA) is 26.0 Å². The van der Waals surface area contributed by atoms with Gasteiger partial charge in [0.1, 0.15) is 0 Å². The third kappa shape index (κ3) is 2.71. The summed E-state index contributed by atoms with van der Waals surface area (Å²) in [5, 5.41) is 0. The van der Waals surface area contributed by atoms with Crippen molar-refractivity contribution >= 4 is 0 Å². The predicted molar refractivity (Wildman–Crippen MR) is 57.8 cm³/mol. The van der Waals surface area contributed by atoms with E-state index >= 15 is 0 Å². The van der Waals surface area contributed by atoms with Crippen LogP contribution in [-0.4, -0.2) is 6.04 Å². The minimum Gasteiger partial charge on any atom is -0.324 e. The molecule has 0 spiro atoms. The van der Waals surface area contributed by atoms with Crippen LogP contribution in [0.15, 0.2) is 30.9 Å². The molecule has 0 amide bonds. The van der Waals surface area contributed by atoms with E-state index in [-0.39, 0.29) is 6.04 Å². The van der Waals surface area contributed by atoms with Crippen LogP contribution in [0.25, 0.3) is 0 Å². The van der Waals surface area contributed by atoms with Crippen LogP contribution in [0.4, 0.5) is 0 Å². The molecular formula is C12H17N. The Balaban J connectivity index is 2.79. The lowest BCUT2D eigenvalue weighted by atomic mass is 10.0. The van der Waals surface area contributed by atoms with Crippen molar-refractivity contribution in [1.82, 2.24) is 0 Å². The Morgan fingerprint density at radius 1 is 1.38 bits per heavy atom. The third-order valence-electron chi connectivity index (χ3n) is 2.35. The van der Waals surface area contributed by atoms with Gasteiger partial charge in [-0.2, -0.15) is 0 Å². The van der Waals surface area contributed by atoms with E-state index in [0.717, 1.165) is 6.42 Å². The number of hydrogen-bond donors (Lipinski definition) is 1. The van der Waals surface area contributed by atoms with Gasteiger partial charge in [0.25, 0.3) is 0 Å². The van der Waals surface area contributed by atoms with Gasteiger partial charge >= 0.3 is 0 Å². The molecule has 1 atom stereocenters. The molecule has 0 aliphatic rings. The van der Waals surface area contributed by atoms with E-state index in [4.69, 9.17) is 5.73 Å². The van der Waals surface area contributed by atoms with Crippen LogP contribution in [0.2, 0.25) is 0 Å². The molecule has 1 aromatic rings. The zero-order valence-corrected chi connectivity index (χ0v) is 8.38. The highest BCUT2D eigenvalue weighted by Gasteiger charge is 2.00. The molecule has 70 valence electrons. The Kier molecular flexibility index (Phi) is 3.26.